The van der Waals surface area contributed by atoms with Crippen LogP contribution in [0.25, 0.3) is 0 Å². The largest absolute Gasteiger partial charge is 0.478 e. The molecule has 2 heterocycles. The van der Waals surface area contributed by atoms with E-state index in [-0.39, 0.29) is 17.3 Å². The Labute approximate surface area is 115 Å². The van der Waals surface area contributed by atoms with Crippen molar-refractivity contribution in [3.63, 3.8) is 0 Å². The smallest absolute Gasteiger partial charge is 0.337 e. The third-order valence-corrected chi connectivity index (χ3v) is 4.09. The van der Waals surface area contributed by atoms with Crippen molar-refractivity contribution in [2.24, 2.45) is 0 Å². The van der Waals surface area contributed by atoms with Crippen LogP contribution in [0.2, 0.25) is 0 Å². The first-order valence-corrected chi connectivity index (χ1v) is 6.63. The predicted octanol–water partition coefficient (Wildman–Crippen LogP) is 2.62. The Bertz CT molecular complexity index is 584. The molecule has 0 saturated heterocycles. The molecule has 19 heavy (non-hydrogen) atoms. The third kappa shape index (κ3) is 2.68. The second-order valence-electron chi connectivity index (χ2n) is 4.24. The highest BCUT2D eigenvalue weighted by Crippen LogP contribution is 2.28. The van der Waals surface area contributed by atoms with Crippen LogP contribution in [-0.4, -0.2) is 23.1 Å². The lowest BCUT2D eigenvalue weighted by atomic mass is 10.2. The second-order valence-corrected chi connectivity index (χ2v) is 5.22. The van der Waals surface area contributed by atoms with Crippen LogP contribution in [0.5, 0.6) is 0 Å². The monoisotopic (exact) mass is 277 g/mol. The number of nitrogen functional groups attached to an aromatic ring is 1. The van der Waals surface area contributed by atoms with E-state index < -0.39 is 5.97 Å². The van der Waals surface area contributed by atoms with Crippen molar-refractivity contribution in [2.45, 2.75) is 13.0 Å². The fourth-order valence-electron chi connectivity index (χ4n) is 1.75. The van der Waals surface area contributed by atoms with Gasteiger partial charge in [0.25, 0.3) is 0 Å². The molecule has 0 bridgehead atoms. The molecule has 0 aliphatic carbocycles. The number of carboxylic acids is 1. The minimum absolute atomic E-state index is 0.0789. The summed E-state index contributed by atoms with van der Waals surface area (Å²) in [5.74, 6) is -0.453. The molecular formula is C13H15N3O2S. The van der Waals surface area contributed by atoms with Crippen molar-refractivity contribution in [1.82, 2.24) is 4.98 Å². The number of nitrogens with zero attached hydrogens (tertiary/aromatic N) is 2. The van der Waals surface area contributed by atoms with Crippen LogP contribution in [0.1, 0.15) is 28.2 Å². The minimum atomic E-state index is -1.04. The number of pyridine rings is 1. The Morgan fingerprint density at radius 2 is 2.32 bits per heavy atom. The number of hydrogen-bond donors (Lipinski definition) is 2. The van der Waals surface area contributed by atoms with E-state index in [9.17, 15) is 4.79 Å². The predicted molar refractivity (Wildman–Crippen MR) is 76.7 cm³/mol. The molecule has 1 atom stereocenters. The number of rotatable bonds is 4. The van der Waals surface area contributed by atoms with Gasteiger partial charge in [0.05, 0.1) is 23.5 Å². The zero-order valence-electron chi connectivity index (χ0n) is 10.7. The summed E-state index contributed by atoms with van der Waals surface area (Å²) < 4.78 is 0. The van der Waals surface area contributed by atoms with Crippen LogP contribution in [-0.2, 0) is 0 Å². The number of thiophene rings is 1. The van der Waals surface area contributed by atoms with Gasteiger partial charge in [-0.25, -0.2) is 9.78 Å². The summed E-state index contributed by atoms with van der Waals surface area (Å²) in [6, 6.07) is 5.66. The molecule has 0 aliphatic rings. The Balaban J connectivity index is 2.31. The Kier molecular flexibility index (Phi) is 3.71. The van der Waals surface area contributed by atoms with E-state index in [2.05, 4.69) is 4.98 Å². The maximum absolute atomic E-state index is 11.1. The highest BCUT2D eigenvalue weighted by atomic mass is 32.1. The summed E-state index contributed by atoms with van der Waals surface area (Å²) in [7, 11) is 1.88. The molecular weight excluding hydrogens is 262 g/mol. The quantitative estimate of drug-likeness (QED) is 0.898. The van der Waals surface area contributed by atoms with Crippen molar-refractivity contribution >= 4 is 28.8 Å². The Morgan fingerprint density at radius 1 is 1.58 bits per heavy atom. The van der Waals surface area contributed by atoms with Crippen LogP contribution in [0.4, 0.5) is 11.5 Å². The summed E-state index contributed by atoms with van der Waals surface area (Å²) in [4.78, 5) is 18.4. The van der Waals surface area contributed by atoms with Crippen molar-refractivity contribution in [3.8, 4) is 0 Å². The van der Waals surface area contributed by atoms with Crippen LogP contribution < -0.4 is 10.6 Å². The first-order chi connectivity index (χ1) is 9.00. The van der Waals surface area contributed by atoms with Gasteiger partial charge in [0.15, 0.2) is 0 Å². The lowest BCUT2D eigenvalue weighted by molar-refractivity contribution is 0.0698. The standard InChI is InChI=1S/C13H15N3O2S/c1-8(11-4-3-5-19-11)16(2)12-6-9(13(17)18)10(14)7-15-12/h3-8H,14H2,1-2H3,(H,17,18). The van der Waals surface area contributed by atoms with Gasteiger partial charge >= 0.3 is 5.97 Å². The summed E-state index contributed by atoms with van der Waals surface area (Å²) >= 11 is 1.66. The third-order valence-electron chi connectivity index (χ3n) is 3.05. The molecule has 6 heteroatoms. The number of hydrogen-bond acceptors (Lipinski definition) is 5. The average Bonchev–Trinajstić information content (AvgIpc) is 2.91. The molecule has 2 rings (SSSR count). The Morgan fingerprint density at radius 3 is 2.89 bits per heavy atom. The second kappa shape index (κ2) is 5.27. The molecule has 5 nitrogen and oxygen atoms in total. The normalized spacial score (nSPS) is 12.1. The first-order valence-electron chi connectivity index (χ1n) is 5.75. The average molecular weight is 277 g/mol. The van der Waals surface area contributed by atoms with Crippen molar-refractivity contribution in [2.75, 3.05) is 17.7 Å². The number of carboxylic acid groups (broad SMARTS) is 1. The van der Waals surface area contributed by atoms with Gasteiger partial charge in [-0.2, -0.15) is 0 Å². The Hall–Kier alpha value is -2.08. The molecule has 1 unspecified atom stereocenters. The van der Waals surface area contributed by atoms with Gasteiger partial charge in [0, 0.05) is 11.9 Å². The molecule has 0 aliphatic heterocycles. The van der Waals surface area contributed by atoms with Gasteiger partial charge in [-0.15, -0.1) is 11.3 Å². The van der Waals surface area contributed by atoms with Gasteiger partial charge < -0.3 is 15.7 Å². The number of nitrogens with two attached hydrogens (primary N) is 1. The van der Waals surface area contributed by atoms with E-state index in [0.717, 1.165) is 0 Å². The van der Waals surface area contributed by atoms with Gasteiger partial charge in [0.2, 0.25) is 0 Å². The summed E-state index contributed by atoms with van der Waals surface area (Å²) in [5.41, 5.74) is 5.85. The van der Waals surface area contributed by atoms with E-state index in [0.29, 0.717) is 5.82 Å². The maximum Gasteiger partial charge on any atom is 0.337 e. The zero-order chi connectivity index (χ0) is 14.0. The summed E-state index contributed by atoms with van der Waals surface area (Å²) in [5, 5.41) is 11.1. The molecule has 0 aromatic carbocycles. The van der Waals surface area contributed by atoms with E-state index >= 15 is 0 Å². The van der Waals surface area contributed by atoms with Crippen molar-refractivity contribution < 1.29 is 9.90 Å². The molecule has 0 spiro atoms. The maximum atomic E-state index is 11.1. The SMILES string of the molecule is CC(c1cccs1)N(C)c1cc(C(=O)O)c(N)cn1. The van der Waals surface area contributed by atoms with Crippen LogP contribution in [0.3, 0.4) is 0 Å². The molecule has 2 aromatic rings. The van der Waals surface area contributed by atoms with Gasteiger partial charge in [-0.3, -0.25) is 0 Å². The molecule has 0 saturated carbocycles. The molecule has 2 aromatic heterocycles. The lowest BCUT2D eigenvalue weighted by Crippen LogP contribution is -2.22. The van der Waals surface area contributed by atoms with Crippen LogP contribution in [0, 0.1) is 0 Å². The topological polar surface area (TPSA) is 79.5 Å². The first kappa shape index (κ1) is 13.4. The zero-order valence-corrected chi connectivity index (χ0v) is 11.5. The van der Waals surface area contributed by atoms with Gasteiger partial charge in [0.1, 0.15) is 5.82 Å². The highest BCUT2D eigenvalue weighted by molar-refractivity contribution is 7.10. The van der Waals surface area contributed by atoms with E-state index in [1.54, 1.807) is 11.3 Å². The van der Waals surface area contributed by atoms with E-state index in [1.807, 2.05) is 36.4 Å². The molecule has 0 radical (unpaired) electrons. The fourth-order valence-corrected chi connectivity index (χ4v) is 2.58. The van der Waals surface area contributed by atoms with Crippen LogP contribution >= 0.6 is 11.3 Å². The highest BCUT2D eigenvalue weighted by Gasteiger charge is 2.17. The molecule has 100 valence electrons. The van der Waals surface area contributed by atoms with Gasteiger partial charge in [-0.1, -0.05) is 6.07 Å². The number of aromatic nitrogens is 1. The molecule has 0 amide bonds. The van der Waals surface area contributed by atoms with E-state index in [1.165, 1.54) is 17.1 Å². The lowest BCUT2D eigenvalue weighted by Gasteiger charge is -2.25. The molecule has 3 N–H and O–H groups in total. The summed E-state index contributed by atoms with van der Waals surface area (Å²) in [6.45, 7) is 2.05. The summed E-state index contributed by atoms with van der Waals surface area (Å²) in [6.07, 6.45) is 1.39. The number of aromatic carboxylic acids is 1. The van der Waals surface area contributed by atoms with E-state index in [4.69, 9.17) is 10.8 Å². The fraction of sp³-hybridized carbons (Fsp3) is 0.231. The van der Waals surface area contributed by atoms with Crippen LogP contribution in [0.15, 0.2) is 29.8 Å². The van der Waals surface area contributed by atoms with Crippen molar-refractivity contribution in [1.29, 1.82) is 0 Å². The minimum Gasteiger partial charge on any atom is -0.478 e. The van der Waals surface area contributed by atoms with Crippen molar-refractivity contribution in [3.05, 3.63) is 40.2 Å². The van der Waals surface area contributed by atoms with Gasteiger partial charge in [-0.05, 0) is 24.4 Å². The number of carbonyl (C=O) groups is 1. The molecule has 0 fully saturated rings. The number of anilines is 2.